The molecule has 3 aromatic rings. The number of likely N-dealkylation sites (tertiary alicyclic amines) is 1. The smallest absolute Gasteiger partial charge is 0.269 e. The van der Waals surface area contributed by atoms with Gasteiger partial charge in [-0.2, -0.15) is 0 Å². The molecule has 0 aliphatic carbocycles. The van der Waals surface area contributed by atoms with Crippen LogP contribution in [0.15, 0.2) is 48.5 Å². The molecule has 0 spiro atoms. The third kappa shape index (κ3) is 4.33. The molecule has 8 heteroatoms. The van der Waals surface area contributed by atoms with Crippen molar-refractivity contribution < 1.29 is 9.59 Å². The van der Waals surface area contributed by atoms with Crippen LogP contribution in [0.5, 0.6) is 0 Å². The molecule has 0 unspecified atom stereocenters. The number of carbonyl (C=O) groups excluding carboxylic acids is 2. The van der Waals surface area contributed by atoms with E-state index in [1.165, 1.54) is 11.3 Å². The molecule has 2 amide bonds. The molecule has 1 aromatic heterocycles. The lowest BCUT2D eigenvalue weighted by Crippen LogP contribution is -2.37. The maximum absolute atomic E-state index is 12.9. The van der Waals surface area contributed by atoms with Crippen LogP contribution in [-0.4, -0.2) is 34.9 Å². The molecule has 5 nitrogen and oxygen atoms in total. The van der Waals surface area contributed by atoms with Gasteiger partial charge in [-0.1, -0.05) is 41.9 Å². The van der Waals surface area contributed by atoms with Gasteiger partial charge in [0.2, 0.25) is 0 Å². The van der Waals surface area contributed by atoms with Crippen molar-refractivity contribution in [1.29, 1.82) is 0 Å². The predicted molar refractivity (Wildman–Crippen MR) is 127 cm³/mol. The van der Waals surface area contributed by atoms with Crippen molar-refractivity contribution in [3.05, 3.63) is 64.0 Å². The van der Waals surface area contributed by atoms with E-state index >= 15 is 0 Å². The van der Waals surface area contributed by atoms with Crippen molar-refractivity contribution >= 4 is 67.9 Å². The van der Waals surface area contributed by atoms with E-state index in [0.29, 0.717) is 21.2 Å². The minimum atomic E-state index is -0.376. The minimum Gasteiger partial charge on any atom is -0.339 e. The number of nitrogens with one attached hydrogen (secondary N) is 2. The number of thiocarbonyl (C=S) groups is 1. The highest BCUT2D eigenvalue weighted by atomic mass is 35.5. The summed E-state index contributed by atoms with van der Waals surface area (Å²) in [6, 6.07) is 14.8. The van der Waals surface area contributed by atoms with Gasteiger partial charge >= 0.3 is 0 Å². The first-order chi connectivity index (χ1) is 14.5. The lowest BCUT2D eigenvalue weighted by molar-refractivity contribution is 0.0725. The number of carbonyl (C=O) groups is 2. The van der Waals surface area contributed by atoms with Crippen LogP contribution in [0.4, 0.5) is 5.69 Å². The van der Waals surface area contributed by atoms with Gasteiger partial charge < -0.3 is 10.2 Å². The molecule has 1 aliphatic rings. The first kappa shape index (κ1) is 20.8. The number of thiophene rings is 1. The van der Waals surface area contributed by atoms with E-state index in [2.05, 4.69) is 10.6 Å². The molecule has 154 valence electrons. The quantitative estimate of drug-likeness (QED) is 0.523. The highest BCUT2D eigenvalue weighted by Crippen LogP contribution is 2.35. The van der Waals surface area contributed by atoms with E-state index in [1.807, 2.05) is 41.3 Å². The van der Waals surface area contributed by atoms with Gasteiger partial charge in [0.05, 0.1) is 16.3 Å². The number of amides is 2. The average molecular weight is 458 g/mol. The largest absolute Gasteiger partial charge is 0.339 e. The fourth-order valence-electron chi connectivity index (χ4n) is 3.52. The topological polar surface area (TPSA) is 61.4 Å². The number of anilines is 1. The highest BCUT2D eigenvalue weighted by Gasteiger charge is 2.22. The normalized spacial score (nSPS) is 13.8. The molecule has 0 saturated carbocycles. The number of fused-ring (bicyclic) bond motifs is 1. The molecule has 2 heterocycles. The Morgan fingerprint density at radius 1 is 1.00 bits per heavy atom. The lowest BCUT2D eigenvalue weighted by atomic mass is 10.1. The van der Waals surface area contributed by atoms with E-state index in [9.17, 15) is 9.59 Å². The number of benzene rings is 2. The first-order valence-corrected chi connectivity index (χ1v) is 11.3. The van der Waals surface area contributed by atoms with Crippen LogP contribution in [-0.2, 0) is 0 Å². The molecule has 1 fully saturated rings. The third-order valence-corrected chi connectivity index (χ3v) is 6.90. The SMILES string of the molecule is O=C(NC(=S)Nc1ccccc1C(=O)N1CCCCC1)c1sc2ccccc2c1Cl. The number of nitrogens with zero attached hydrogens (tertiary/aromatic N) is 1. The second-order valence-electron chi connectivity index (χ2n) is 7.05. The second-order valence-corrected chi connectivity index (χ2v) is 8.89. The molecule has 0 bridgehead atoms. The monoisotopic (exact) mass is 457 g/mol. The van der Waals surface area contributed by atoms with Crippen LogP contribution in [0.3, 0.4) is 0 Å². The van der Waals surface area contributed by atoms with Crippen LogP contribution >= 0.6 is 35.2 Å². The standard InChI is InChI=1S/C22H20ClN3O2S2/c23-18-15-9-3-5-11-17(15)30-19(18)20(27)25-22(29)24-16-10-4-2-8-14(16)21(28)26-12-6-1-7-13-26/h2-5,8-11H,1,6-7,12-13H2,(H2,24,25,27,29). The molecular formula is C22H20ClN3O2S2. The Bertz CT molecular complexity index is 1120. The molecule has 0 radical (unpaired) electrons. The minimum absolute atomic E-state index is 0.0283. The molecular weight excluding hydrogens is 438 g/mol. The summed E-state index contributed by atoms with van der Waals surface area (Å²) in [5.74, 6) is -0.405. The number of halogens is 1. The first-order valence-electron chi connectivity index (χ1n) is 9.72. The summed E-state index contributed by atoms with van der Waals surface area (Å²) in [7, 11) is 0. The van der Waals surface area contributed by atoms with Crippen molar-refractivity contribution in [3.63, 3.8) is 0 Å². The summed E-state index contributed by atoms with van der Waals surface area (Å²) < 4.78 is 0.934. The Balaban J connectivity index is 1.48. The van der Waals surface area contributed by atoms with Crippen LogP contribution in [0.25, 0.3) is 10.1 Å². The summed E-state index contributed by atoms with van der Waals surface area (Å²) >= 11 is 13.0. The Labute approximate surface area is 189 Å². The van der Waals surface area contributed by atoms with Crippen molar-refractivity contribution in [2.75, 3.05) is 18.4 Å². The van der Waals surface area contributed by atoms with Crippen LogP contribution in [0.2, 0.25) is 5.02 Å². The zero-order valence-corrected chi connectivity index (χ0v) is 18.5. The number of hydrogen-bond donors (Lipinski definition) is 2. The van der Waals surface area contributed by atoms with Gasteiger partial charge in [0.25, 0.3) is 11.8 Å². The van der Waals surface area contributed by atoms with Crippen molar-refractivity contribution in [1.82, 2.24) is 10.2 Å². The average Bonchev–Trinajstić information content (AvgIpc) is 3.11. The van der Waals surface area contributed by atoms with Gasteiger partial charge in [-0.05, 0) is 49.7 Å². The van der Waals surface area contributed by atoms with E-state index in [0.717, 1.165) is 42.4 Å². The Hall–Kier alpha value is -2.48. The Morgan fingerprint density at radius 3 is 2.47 bits per heavy atom. The lowest BCUT2D eigenvalue weighted by Gasteiger charge is -2.27. The van der Waals surface area contributed by atoms with Crippen molar-refractivity contribution in [2.45, 2.75) is 19.3 Å². The van der Waals surface area contributed by atoms with E-state index in [1.54, 1.807) is 12.1 Å². The summed E-state index contributed by atoms with van der Waals surface area (Å²) in [5, 5.41) is 7.04. The highest BCUT2D eigenvalue weighted by molar-refractivity contribution is 7.80. The van der Waals surface area contributed by atoms with Crippen LogP contribution in [0.1, 0.15) is 39.3 Å². The molecule has 0 atom stereocenters. The van der Waals surface area contributed by atoms with E-state index in [-0.39, 0.29) is 16.9 Å². The van der Waals surface area contributed by atoms with Gasteiger partial charge in [0, 0.05) is 23.2 Å². The fourth-order valence-corrected chi connectivity index (χ4v) is 5.13. The zero-order valence-electron chi connectivity index (χ0n) is 16.1. The fraction of sp³-hybridized carbons (Fsp3) is 0.227. The number of hydrogen-bond acceptors (Lipinski definition) is 4. The van der Waals surface area contributed by atoms with Gasteiger partial charge in [0.1, 0.15) is 4.88 Å². The number of para-hydroxylation sites is 1. The van der Waals surface area contributed by atoms with Crippen LogP contribution < -0.4 is 10.6 Å². The Morgan fingerprint density at radius 2 is 1.70 bits per heavy atom. The van der Waals surface area contributed by atoms with Crippen LogP contribution in [0, 0.1) is 0 Å². The molecule has 30 heavy (non-hydrogen) atoms. The second kappa shape index (κ2) is 9.12. The summed E-state index contributed by atoms with van der Waals surface area (Å²) in [4.78, 5) is 27.9. The Kier molecular flexibility index (Phi) is 6.32. The summed E-state index contributed by atoms with van der Waals surface area (Å²) in [5.41, 5.74) is 1.11. The molecule has 1 aliphatic heterocycles. The number of rotatable bonds is 3. The molecule has 2 aromatic carbocycles. The summed E-state index contributed by atoms with van der Waals surface area (Å²) in [6.07, 6.45) is 3.19. The molecule has 1 saturated heterocycles. The van der Waals surface area contributed by atoms with Crippen molar-refractivity contribution in [2.24, 2.45) is 0 Å². The van der Waals surface area contributed by atoms with Gasteiger partial charge in [-0.3, -0.25) is 14.9 Å². The van der Waals surface area contributed by atoms with Gasteiger partial charge in [0.15, 0.2) is 5.11 Å². The predicted octanol–water partition coefficient (Wildman–Crippen LogP) is 5.31. The zero-order chi connectivity index (χ0) is 21.1. The van der Waals surface area contributed by atoms with Gasteiger partial charge in [-0.15, -0.1) is 11.3 Å². The van der Waals surface area contributed by atoms with E-state index < -0.39 is 0 Å². The van der Waals surface area contributed by atoms with Crippen molar-refractivity contribution in [3.8, 4) is 0 Å². The molecule has 2 N–H and O–H groups in total. The third-order valence-electron chi connectivity index (χ3n) is 5.02. The maximum atomic E-state index is 12.9. The maximum Gasteiger partial charge on any atom is 0.269 e. The van der Waals surface area contributed by atoms with Gasteiger partial charge in [-0.25, -0.2) is 0 Å². The van der Waals surface area contributed by atoms with E-state index in [4.69, 9.17) is 23.8 Å². The number of piperidine rings is 1. The summed E-state index contributed by atoms with van der Waals surface area (Å²) in [6.45, 7) is 1.53. The molecule has 4 rings (SSSR count).